The Morgan fingerprint density at radius 2 is 2.06 bits per heavy atom. The highest BCUT2D eigenvalue weighted by molar-refractivity contribution is 7.92. The molecule has 1 aromatic rings. The van der Waals surface area contributed by atoms with Gasteiger partial charge in [0.05, 0.1) is 5.75 Å². The molecule has 0 aromatic heterocycles. The van der Waals surface area contributed by atoms with E-state index in [0.717, 1.165) is 5.56 Å². The van der Waals surface area contributed by atoms with E-state index in [1.54, 1.807) is 6.07 Å². The lowest BCUT2D eigenvalue weighted by atomic mass is 10.1. The lowest BCUT2D eigenvalue weighted by Crippen LogP contribution is -2.17. The van der Waals surface area contributed by atoms with Crippen molar-refractivity contribution in [3.63, 3.8) is 0 Å². The van der Waals surface area contributed by atoms with Gasteiger partial charge in [-0.25, -0.2) is 8.42 Å². The maximum Gasteiger partial charge on any atom is 0.232 e. The van der Waals surface area contributed by atoms with Crippen molar-refractivity contribution in [1.82, 2.24) is 5.32 Å². The molecule has 0 heterocycles. The highest BCUT2D eigenvalue weighted by Gasteiger charge is 2.09. The Balaban J connectivity index is 2.86. The molecule has 0 radical (unpaired) electrons. The summed E-state index contributed by atoms with van der Waals surface area (Å²) < 4.78 is 25.8. The maximum atomic E-state index is 11.6. The first-order valence-electron chi connectivity index (χ1n) is 5.76. The molecule has 0 aliphatic heterocycles. The van der Waals surface area contributed by atoms with Crippen LogP contribution in [0.3, 0.4) is 0 Å². The zero-order chi connectivity index (χ0) is 12.9. The van der Waals surface area contributed by atoms with Crippen molar-refractivity contribution >= 4 is 15.7 Å². The lowest BCUT2D eigenvalue weighted by Gasteiger charge is -2.13. The van der Waals surface area contributed by atoms with Crippen LogP contribution in [0.2, 0.25) is 0 Å². The predicted octanol–water partition coefficient (Wildman–Crippen LogP) is 2.12. The first-order valence-corrected chi connectivity index (χ1v) is 7.41. The van der Waals surface area contributed by atoms with Crippen molar-refractivity contribution in [3.05, 3.63) is 29.8 Å². The second kappa shape index (κ2) is 6.02. The molecule has 2 N–H and O–H groups in total. The Morgan fingerprint density at radius 1 is 1.35 bits per heavy atom. The van der Waals surface area contributed by atoms with Crippen LogP contribution in [-0.2, 0) is 10.0 Å². The smallest absolute Gasteiger partial charge is 0.232 e. The molecule has 1 aromatic carbocycles. The third-order valence-corrected chi connectivity index (χ3v) is 4.06. The van der Waals surface area contributed by atoms with Crippen LogP contribution in [-0.4, -0.2) is 21.2 Å². The van der Waals surface area contributed by atoms with E-state index in [2.05, 4.69) is 10.0 Å². The number of rotatable bonds is 6. The molecule has 17 heavy (non-hydrogen) atoms. The minimum absolute atomic E-state index is 0.152. The summed E-state index contributed by atoms with van der Waals surface area (Å²) in [5.41, 5.74) is 1.68. The zero-order valence-electron chi connectivity index (χ0n) is 10.5. The van der Waals surface area contributed by atoms with Gasteiger partial charge in [-0.1, -0.05) is 19.1 Å². The summed E-state index contributed by atoms with van der Waals surface area (Å²) in [4.78, 5) is 0. The molecule has 0 spiro atoms. The predicted molar refractivity (Wildman–Crippen MR) is 71.6 cm³/mol. The standard InChI is InChI=1S/C12H20N2O2S/c1-4-8-17(15,16)14-12-7-5-6-11(9-12)10(2)13-3/h5-7,9-10,13-14H,4,8H2,1-3H3. The number of sulfonamides is 1. The van der Waals surface area contributed by atoms with Gasteiger partial charge in [-0.3, -0.25) is 4.72 Å². The van der Waals surface area contributed by atoms with Crippen LogP contribution in [0.5, 0.6) is 0 Å². The van der Waals surface area contributed by atoms with E-state index in [1.807, 2.05) is 39.1 Å². The SMILES string of the molecule is CCCS(=O)(=O)Nc1cccc(C(C)NC)c1. The van der Waals surface area contributed by atoms with Crippen molar-refractivity contribution in [2.75, 3.05) is 17.5 Å². The molecular weight excluding hydrogens is 236 g/mol. The monoisotopic (exact) mass is 256 g/mol. The molecule has 0 aliphatic rings. The van der Waals surface area contributed by atoms with Crippen molar-refractivity contribution in [2.45, 2.75) is 26.3 Å². The van der Waals surface area contributed by atoms with Gasteiger partial charge in [0.2, 0.25) is 10.0 Å². The molecule has 96 valence electrons. The average Bonchev–Trinajstić information content (AvgIpc) is 2.27. The molecule has 0 amide bonds. The molecule has 4 nitrogen and oxygen atoms in total. The molecule has 0 saturated heterocycles. The summed E-state index contributed by atoms with van der Waals surface area (Å²) >= 11 is 0. The average molecular weight is 256 g/mol. The highest BCUT2D eigenvalue weighted by Crippen LogP contribution is 2.18. The number of benzene rings is 1. The fraction of sp³-hybridized carbons (Fsp3) is 0.500. The molecule has 1 atom stereocenters. The Hall–Kier alpha value is -1.07. The van der Waals surface area contributed by atoms with Gasteiger partial charge in [0.1, 0.15) is 0 Å². The second-order valence-corrected chi connectivity index (χ2v) is 5.90. The number of nitrogens with one attached hydrogen (secondary N) is 2. The third-order valence-electron chi connectivity index (χ3n) is 2.57. The lowest BCUT2D eigenvalue weighted by molar-refractivity contribution is 0.600. The quantitative estimate of drug-likeness (QED) is 0.819. The Kier molecular flexibility index (Phi) is 4.96. The van der Waals surface area contributed by atoms with E-state index in [1.165, 1.54) is 0 Å². The van der Waals surface area contributed by atoms with Gasteiger partial charge >= 0.3 is 0 Å². The van der Waals surface area contributed by atoms with E-state index in [0.29, 0.717) is 12.1 Å². The Morgan fingerprint density at radius 3 is 2.65 bits per heavy atom. The second-order valence-electron chi connectivity index (χ2n) is 4.06. The molecular formula is C12H20N2O2S. The van der Waals surface area contributed by atoms with Gasteiger partial charge in [0.25, 0.3) is 0 Å². The van der Waals surface area contributed by atoms with Gasteiger partial charge < -0.3 is 5.32 Å². The molecule has 0 bridgehead atoms. The molecule has 0 aliphatic carbocycles. The largest absolute Gasteiger partial charge is 0.313 e. The van der Waals surface area contributed by atoms with Crippen LogP contribution >= 0.6 is 0 Å². The van der Waals surface area contributed by atoms with Crippen LogP contribution < -0.4 is 10.0 Å². The van der Waals surface area contributed by atoms with Gasteiger partial charge in [0.15, 0.2) is 0 Å². The van der Waals surface area contributed by atoms with E-state index >= 15 is 0 Å². The van der Waals surface area contributed by atoms with Gasteiger partial charge in [-0.15, -0.1) is 0 Å². The molecule has 1 unspecified atom stereocenters. The summed E-state index contributed by atoms with van der Waals surface area (Å²) in [5.74, 6) is 0.152. The number of anilines is 1. The topological polar surface area (TPSA) is 58.2 Å². The van der Waals surface area contributed by atoms with E-state index < -0.39 is 10.0 Å². The molecule has 0 fully saturated rings. The molecule has 1 rings (SSSR count). The van der Waals surface area contributed by atoms with Crippen LogP contribution in [0, 0.1) is 0 Å². The number of hydrogen-bond donors (Lipinski definition) is 2. The van der Waals surface area contributed by atoms with Crippen LogP contribution in [0.4, 0.5) is 5.69 Å². The fourth-order valence-electron chi connectivity index (χ4n) is 1.54. The van der Waals surface area contributed by atoms with E-state index in [-0.39, 0.29) is 11.8 Å². The normalized spacial score (nSPS) is 13.4. The maximum absolute atomic E-state index is 11.6. The zero-order valence-corrected chi connectivity index (χ0v) is 11.3. The van der Waals surface area contributed by atoms with Crippen molar-refractivity contribution in [3.8, 4) is 0 Å². The molecule has 0 saturated carbocycles. The van der Waals surface area contributed by atoms with Crippen molar-refractivity contribution < 1.29 is 8.42 Å². The minimum Gasteiger partial charge on any atom is -0.313 e. The van der Waals surface area contributed by atoms with Crippen LogP contribution in [0.25, 0.3) is 0 Å². The minimum atomic E-state index is -3.20. The summed E-state index contributed by atoms with van der Waals surface area (Å²) in [6, 6.07) is 7.64. The molecule has 5 heteroatoms. The van der Waals surface area contributed by atoms with Crippen LogP contribution in [0.15, 0.2) is 24.3 Å². The fourth-order valence-corrected chi connectivity index (χ4v) is 2.66. The highest BCUT2D eigenvalue weighted by atomic mass is 32.2. The summed E-state index contributed by atoms with van der Waals surface area (Å²) in [6.45, 7) is 3.87. The van der Waals surface area contributed by atoms with Crippen LogP contribution in [0.1, 0.15) is 31.9 Å². The number of hydrogen-bond acceptors (Lipinski definition) is 3. The van der Waals surface area contributed by atoms with Crippen molar-refractivity contribution in [1.29, 1.82) is 0 Å². The van der Waals surface area contributed by atoms with E-state index in [4.69, 9.17) is 0 Å². The summed E-state index contributed by atoms with van der Waals surface area (Å²) in [7, 11) is -1.33. The Bertz CT molecular complexity index is 457. The Labute approximate surface area is 103 Å². The van der Waals surface area contributed by atoms with Gasteiger partial charge in [0, 0.05) is 11.7 Å². The van der Waals surface area contributed by atoms with Gasteiger partial charge in [-0.2, -0.15) is 0 Å². The third kappa shape index (κ3) is 4.36. The first-order chi connectivity index (χ1) is 7.98. The summed E-state index contributed by atoms with van der Waals surface area (Å²) in [5, 5.41) is 3.12. The van der Waals surface area contributed by atoms with Crippen molar-refractivity contribution in [2.24, 2.45) is 0 Å². The first kappa shape index (κ1) is 14.0. The summed E-state index contributed by atoms with van der Waals surface area (Å²) in [6.07, 6.45) is 0.613. The van der Waals surface area contributed by atoms with E-state index in [9.17, 15) is 8.42 Å². The van der Waals surface area contributed by atoms with Gasteiger partial charge in [-0.05, 0) is 38.1 Å².